The molecule has 0 aliphatic carbocycles. The van der Waals surface area contributed by atoms with Crippen LogP contribution in [0.3, 0.4) is 0 Å². The predicted octanol–water partition coefficient (Wildman–Crippen LogP) is 11.0. The van der Waals surface area contributed by atoms with Gasteiger partial charge in [0.25, 0.3) is 23.6 Å². The van der Waals surface area contributed by atoms with Crippen LogP contribution in [0.25, 0.3) is 0 Å². The van der Waals surface area contributed by atoms with Gasteiger partial charge in [0, 0.05) is 34.5 Å². The minimum absolute atomic E-state index is 0.0903. The Balaban J connectivity index is 1.24. The molecule has 2 unspecified atom stereocenters. The van der Waals surface area contributed by atoms with Gasteiger partial charge in [0.1, 0.15) is 0 Å². The van der Waals surface area contributed by atoms with Gasteiger partial charge in [-0.05, 0) is 123 Å². The number of alkyl halides is 2. The zero-order chi connectivity index (χ0) is 45.1. The number of ketones is 2. The summed E-state index contributed by atoms with van der Waals surface area (Å²) in [6, 6.07) is 22.4. The third-order valence-electron chi connectivity index (χ3n) is 9.27. The second-order valence-corrected chi connectivity index (χ2v) is 15.1. The van der Waals surface area contributed by atoms with Crippen LogP contribution in [-0.4, -0.2) is 47.3 Å². The molecule has 2 atom stereocenters. The topological polar surface area (TPSA) is 200 Å². The van der Waals surface area contributed by atoms with E-state index in [2.05, 4.69) is 41.7 Å². The first-order valence-electron chi connectivity index (χ1n) is 18.6. The van der Waals surface area contributed by atoms with Crippen LogP contribution < -0.4 is 21.3 Å². The standard InChI is InChI=1S/C44H38Cl4N8O6/c1-23-24(2)38(52-44(62)40(26(4)58)56-54-32-14-16-36(48)34(20-32)42(60)50-30-11-7-28(22-46)8-12-30)18-17-37(23)51-43(61)39(25(3)57)55-53-31-13-15-35(47)33(19-31)41(59)49-29-9-5-27(21-45)6-10-29/h5-20,39-40H,21-22H2,1-4H3,(H,49,59)(H,50,60)(H,51,61)(H,52,62). The number of halogens is 4. The van der Waals surface area contributed by atoms with E-state index in [0.717, 1.165) is 11.1 Å². The molecule has 0 spiro atoms. The molecule has 0 aromatic heterocycles. The Hall–Kier alpha value is -6.32. The van der Waals surface area contributed by atoms with Crippen molar-refractivity contribution in [2.75, 3.05) is 21.3 Å². The molecule has 5 rings (SSSR count). The molecule has 0 fully saturated rings. The average Bonchev–Trinajstić information content (AvgIpc) is 3.25. The fourth-order valence-electron chi connectivity index (χ4n) is 5.63. The SMILES string of the molecule is CC(=O)C(N=Nc1ccc(Cl)c(C(=O)Nc2ccc(CCl)cc2)c1)C(=O)Nc1ccc(NC(=O)C(N=Nc2ccc(Cl)c(C(=O)Nc3ccc(CCl)cc3)c2)C(C)=O)c(C)c1C. The number of rotatable bonds is 16. The third-order valence-corrected chi connectivity index (χ3v) is 10.5. The first-order chi connectivity index (χ1) is 29.6. The summed E-state index contributed by atoms with van der Waals surface area (Å²) < 4.78 is 0. The molecule has 4 amide bonds. The molecule has 4 N–H and O–H groups in total. The van der Waals surface area contributed by atoms with Crippen molar-refractivity contribution >= 4 is 116 Å². The molecule has 0 radical (unpaired) electrons. The summed E-state index contributed by atoms with van der Waals surface area (Å²) in [4.78, 5) is 77.9. The van der Waals surface area contributed by atoms with Gasteiger partial charge in [0.05, 0.1) is 32.5 Å². The molecule has 0 saturated heterocycles. The van der Waals surface area contributed by atoms with E-state index in [0.29, 0.717) is 45.6 Å². The van der Waals surface area contributed by atoms with Gasteiger partial charge in [-0.15, -0.1) is 23.2 Å². The van der Waals surface area contributed by atoms with E-state index >= 15 is 0 Å². The molecule has 318 valence electrons. The van der Waals surface area contributed by atoms with Crippen LogP contribution in [0.4, 0.5) is 34.1 Å². The van der Waals surface area contributed by atoms with Crippen LogP contribution in [-0.2, 0) is 30.9 Å². The number of carbonyl (C=O) groups excluding carboxylic acids is 6. The average molecular weight is 917 g/mol. The Bertz CT molecular complexity index is 2420. The highest BCUT2D eigenvalue weighted by molar-refractivity contribution is 6.35. The molecular weight excluding hydrogens is 878 g/mol. The van der Waals surface area contributed by atoms with E-state index in [1.165, 1.54) is 62.4 Å². The quantitative estimate of drug-likeness (QED) is 0.0431. The number of anilines is 4. The molecule has 18 heteroatoms. The smallest absolute Gasteiger partial charge is 0.258 e. The van der Waals surface area contributed by atoms with Gasteiger partial charge in [0.2, 0.25) is 12.1 Å². The Morgan fingerprint density at radius 3 is 1.19 bits per heavy atom. The number of azo groups is 2. The van der Waals surface area contributed by atoms with Crippen LogP contribution in [0, 0.1) is 13.8 Å². The van der Waals surface area contributed by atoms with Crippen LogP contribution in [0.2, 0.25) is 10.0 Å². The van der Waals surface area contributed by atoms with Gasteiger partial charge in [-0.25, -0.2) is 0 Å². The monoisotopic (exact) mass is 914 g/mol. The maximum absolute atomic E-state index is 13.4. The van der Waals surface area contributed by atoms with Crippen molar-refractivity contribution in [3.63, 3.8) is 0 Å². The molecule has 0 bridgehead atoms. The summed E-state index contributed by atoms with van der Waals surface area (Å²) in [6.07, 6.45) is 0. The highest BCUT2D eigenvalue weighted by Gasteiger charge is 2.26. The maximum Gasteiger partial charge on any atom is 0.258 e. The minimum Gasteiger partial charge on any atom is -0.324 e. The zero-order valence-electron chi connectivity index (χ0n) is 33.6. The molecule has 5 aromatic rings. The van der Waals surface area contributed by atoms with E-state index in [4.69, 9.17) is 46.4 Å². The molecule has 0 aliphatic heterocycles. The number of benzene rings is 5. The number of amides is 4. The van der Waals surface area contributed by atoms with Gasteiger partial charge in [-0.3, -0.25) is 28.8 Å². The van der Waals surface area contributed by atoms with Crippen molar-refractivity contribution in [2.24, 2.45) is 20.5 Å². The zero-order valence-corrected chi connectivity index (χ0v) is 36.6. The van der Waals surface area contributed by atoms with Crippen LogP contribution in [0.15, 0.2) is 118 Å². The number of hydrogen-bond acceptors (Lipinski definition) is 10. The Morgan fingerprint density at radius 1 is 0.516 bits per heavy atom. The number of nitrogens with one attached hydrogen (secondary N) is 4. The van der Waals surface area contributed by atoms with Crippen LogP contribution >= 0.6 is 46.4 Å². The molecule has 62 heavy (non-hydrogen) atoms. The molecule has 0 saturated carbocycles. The molecule has 0 heterocycles. The van der Waals surface area contributed by atoms with E-state index in [-0.39, 0.29) is 32.5 Å². The number of hydrogen-bond donors (Lipinski definition) is 4. The largest absolute Gasteiger partial charge is 0.324 e. The Kier molecular flexibility index (Phi) is 16.2. The highest BCUT2D eigenvalue weighted by atomic mass is 35.5. The summed E-state index contributed by atoms with van der Waals surface area (Å²) in [5.74, 6) is -3.15. The van der Waals surface area contributed by atoms with Crippen molar-refractivity contribution in [1.29, 1.82) is 0 Å². The van der Waals surface area contributed by atoms with Crippen molar-refractivity contribution in [3.05, 3.63) is 140 Å². The number of nitrogens with zero attached hydrogens (tertiary/aromatic N) is 4. The first kappa shape index (κ1) is 46.7. The fraction of sp³-hybridized carbons (Fsp3) is 0.182. The van der Waals surface area contributed by atoms with Crippen molar-refractivity contribution in [1.82, 2.24) is 0 Å². The lowest BCUT2D eigenvalue weighted by Gasteiger charge is -2.17. The Labute approximate surface area is 376 Å². The number of Topliss-reactive ketones (excluding diaryl/α,β-unsaturated/α-hetero) is 2. The molecule has 0 aliphatic rings. The normalized spacial score (nSPS) is 12.1. The second kappa shape index (κ2) is 21.5. The van der Waals surface area contributed by atoms with Crippen LogP contribution in [0.1, 0.15) is 56.8 Å². The number of carbonyl (C=O) groups is 6. The molecule has 14 nitrogen and oxygen atoms in total. The van der Waals surface area contributed by atoms with E-state index in [1.54, 1.807) is 62.4 Å². The van der Waals surface area contributed by atoms with E-state index in [1.807, 2.05) is 0 Å². The van der Waals surface area contributed by atoms with Gasteiger partial charge in [0.15, 0.2) is 11.6 Å². The van der Waals surface area contributed by atoms with Gasteiger partial charge in [-0.2, -0.15) is 20.5 Å². The predicted molar refractivity (Wildman–Crippen MR) is 242 cm³/mol. The highest BCUT2D eigenvalue weighted by Crippen LogP contribution is 2.29. The summed E-state index contributed by atoms with van der Waals surface area (Å²) in [5, 5.41) is 27.3. The molecule has 5 aromatic carbocycles. The maximum atomic E-state index is 13.4. The lowest BCUT2D eigenvalue weighted by molar-refractivity contribution is -0.127. The van der Waals surface area contributed by atoms with E-state index in [9.17, 15) is 28.8 Å². The van der Waals surface area contributed by atoms with E-state index < -0.39 is 47.3 Å². The summed E-state index contributed by atoms with van der Waals surface area (Å²) in [5.41, 5.74) is 4.99. The fourth-order valence-corrected chi connectivity index (χ4v) is 6.39. The lowest BCUT2D eigenvalue weighted by Crippen LogP contribution is -2.33. The van der Waals surface area contributed by atoms with Crippen LogP contribution in [0.5, 0.6) is 0 Å². The summed E-state index contributed by atoms with van der Waals surface area (Å²) in [6.45, 7) is 5.74. The summed E-state index contributed by atoms with van der Waals surface area (Å²) in [7, 11) is 0. The Morgan fingerprint density at radius 2 is 0.871 bits per heavy atom. The van der Waals surface area contributed by atoms with Gasteiger partial charge >= 0.3 is 0 Å². The third kappa shape index (κ3) is 12.2. The van der Waals surface area contributed by atoms with Gasteiger partial charge < -0.3 is 21.3 Å². The van der Waals surface area contributed by atoms with Crippen molar-refractivity contribution in [2.45, 2.75) is 51.5 Å². The minimum atomic E-state index is -1.55. The lowest BCUT2D eigenvalue weighted by atomic mass is 10.0. The van der Waals surface area contributed by atoms with Crippen molar-refractivity contribution in [3.8, 4) is 0 Å². The summed E-state index contributed by atoms with van der Waals surface area (Å²) >= 11 is 24.3. The molecular formula is C44H38Cl4N8O6. The first-order valence-corrected chi connectivity index (χ1v) is 20.5. The second-order valence-electron chi connectivity index (χ2n) is 13.7. The van der Waals surface area contributed by atoms with Gasteiger partial charge in [-0.1, -0.05) is 47.5 Å². The van der Waals surface area contributed by atoms with Crippen molar-refractivity contribution < 1.29 is 28.8 Å².